The summed E-state index contributed by atoms with van der Waals surface area (Å²) in [5.41, 5.74) is 8.77. The lowest BCUT2D eigenvalue weighted by Crippen LogP contribution is -2.31. The Hall–Kier alpha value is -1.88. The summed E-state index contributed by atoms with van der Waals surface area (Å²) in [5.74, 6) is -0.0729. The minimum Gasteiger partial charge on any atom is -0.330 e. The fourth-order valence-corrected chi connectivity index (χ4v) is 3.22. The second-order valence-corrected chi connectivity index (χ2v) is 7.00. The van der Waals surface area contributed by atoms with Gasteiger partial charge in [-0.3, -0.25) is 9.69 Å². The van der Waals surface area contributed by atoms with E-state index in [4.69, 9.17) is 5.73 Å². The molecule has 1 heterocycles. The van der Waals surface area contributed by atoms with Crippen molar-refractivity contribution in [2.75, 3.05) is 25.0 Å². The molecule has 0 saturated carbocycles. The highest BCUT2D eigenvalue weighted by atomic mass is 35.5. The number of hydrogen-bond acceptors (Lipinski definition) is 3. The van der Waals surface area contributed by atoms with Crippen LogP contribution in [0.3, 0.4) is 0 Å². The maximum atomic E-state index is 12.4. The van der Waals surface area contributed by atoms with Crippen molar-refractivity contribution in [1.82, 2.24) is 4.90 Å². The van der Waals surface area contributed by atoms with Crippen molar-refractivity contribution in [1.29, 1.82) is 0 Å². The van der Waals surface area contributed by atoms with Crippen LogP contribution in [0.15, 0.2) is 54.6 Å². The highest BCUT2D eigenvalue weighted by Gasteiger charge is 2.32. The first-order valence-electron chi connectivity index (χ1n) is 8.46. The van der Waals surface area contributed by atoms with Crippen LogP contribution < -0.4 is 11.1 Å². The van der Waals surface area contributed by atoms with Gasteiger partial charge >= 0.3 is 0 Å². The zero-order valence-electron chi connectivity index (χ0n) is 14.6. The number of halogens is 1. The molecule has 0 spiro atoms. The maximum absolute atomic E-state index is 12.4. The lowest BCUT2D eigenvalue weighted by Gasteiger charge is -2.22. The van der Waals surface area contributed by atoms with Crippen LogP contribution in [0.1, 0.15) is 29.3 Å². The molecule has 0 radical (unpaired) electrons. The molecule has 1 saturated heterocycles. The summed E-state index contributed by atoms with van der Waals surface area (Å²) >= 11 is 0. The van der Waals surface area contributed by atoms with Crippen molar-refractivity contribution >= 4 is 24.0 Å². The topological polar surface area (TPSA) is 58.4 Å². The van der Waals surface area contributed by atoms with Crippen LogP contribution in [-0.4, -0.2) is 30.4 Å². The first-order valence-corrected chi connectivity index (χ1v) is 8.46. The molecule has 1 amide bonds. The normalized spacial score (nSPS) is 20.1. The second-order valence-electron chi connectivity index (χ2n) is 7.00. The van der Waals surface area contributed by atoms with Crippen LogP contribution in [0.25, 0.3) is 0 Å². The number of carbonyl (C=O) groups is 1. The van der Waals surface area contributed by atoms with Crippen LogP contribution in [0.4, 0.5) is 5.69 Å². The van der Waals surface area contributed by atoms with Crippen LogP contribution >= 0.6 is 12.4 Å². The number of benzene rings is 2. The quantitative estimate of drug-likeness (QED) is 0.858. The average molecular weight is 360 g/mol. The van der Waals surface area contributed by atoms with Gasteiger partial charge in [0.1, 0.15) is 0 Å². The van der Waals surface area contributed by atoms with Crippen LogP contribution in [-0.2, 0) is 6.54 Å². The van der Waals surface area contributed by atoms with Gasteiger partial charge in [0.15, 0.2) is 0 Å². The molecule has 1 fully saturated rings. The molecule has 1 aliphatic rings. The lowest BCUT2D eigenvalue weighted by atomic mass is 9.90. The van der Waals surface area contributed by atoms with Gasteiger partial charge in [-0.1, -0.05) is 37.3 Å². The van der Waals surface area contributed by atoms with Crippen molar-refractivity contribution in [2.45, 2.75) is 19.9 Å². The number of likely N-dealkylation sites (tertiary alicyclic amines) is 1. The van der Waals surface area contributed by atoms with Crippen molar-refractivity contribution < 1.29 is 4.79 Å². The molecule has 1 atom stereocenters. The molecule has 25 heavy (non-hydrogen) atoms. The third kappa shape index (κ3) is 5.05. The number of nitrogens with two attached hydrogens (primary N) is 1. The molecule has 3 rings (SSSR count). The Bertz CT molecular complexity index is 707. The Morgan fingerprint density at radius 3 is 2.64 bits per heavy atom. The molecular weight excluding hydrogens is 334 g/mol. The van der Waals surface area contributed by atoms with Crippen molar-refractivity contribution in [3.05, 3.63) is 65.7 Å². The Kier molecular flexibility index (Phi) is 6.59. The first kappa shape index (κ1) is 19.4. The first-order chi connectivity index (χ1) is 11.6. The predicted molar refractivity (Wildman–Crippen MR) is 105 cm³/mol. The van der Waals surface area contributed by atoms with Crippen molar-refractivity contribution in [3.63, 3.8) is 0 Å². The molecule has 2 aromatic rings. The number of rotatable bonds is 5. The minimum absolute atomic E-state index is 0. The van der Waals surface area contributed by atoms with Gasteiger partial charge in [0.2, 0.25) is 0 Å². The van der Waals surface area contributed by atoms with Crippen LogP contribution in [0, 0.1) is 5.41 Å². The zero-order chi connectivity index (χ0) is 17.0. The van der Waals surface area contributed by atoms with Gasteiger partial charge in [-0.25, -0.2) is 0 Å². The van der Waals surface area contributed by atoms with Gasteiger partial charge in [-0.15, -0.1) is 12.4 Å². The molecule has 0 aliphatic carbocycles. The van der Waals surface area contributed by atoms with E-state index in [1.165, 1.54) is 0 Å². The summed E-state index contributed by atoms with van der Waals surface area (Å²) in [6.07, 6.45) is 1.14. The predicted octanol–water partition coefficient (Wildman–Crippen LogP) is 3.53. The van der Waals surface area contributed by atoms with E-state index in [0.717, 1.165) is 43.9 Å². The van der Waals surface area contributed by atoms with E-state index >= 15 is 0 Å². The van der Waals surface area contributed by atoms with Gasteiger partial charge in [0, 0.05) is 24.3 Å². The SMILES string of the molecule is CC1(CN)CCN(Cc2cccc(C(=O)Nc3ccccc3)c2)C1.Cl. The van der Waals surface area contributed by atoms with Gasteiger partial charge in [-0.05, 0) is 54.8 Å². The van der Waals surface area contributed by atoms with Gasteiger partial charge in [0.25, 0.3) is 5.91 Å². The smallest absolute Gasteiger partial charge is 0.255 e. The molecule has 4 nitrogen and oxygen atoms in total. The van der Waals surface area contributed by atoms with Crippen molar-refractivity contribution in [2.24, 2.45) is 11.1 Å². The largest absolute Gasteiger partial charge is 0.330 e. The molecule has 1 unspecified atom stereocenters. The number of nitrogens with zero attached hydrogens (tertiary/aromatic N) is 1. The summed E-state index contributed by atoms with van der Waals surface area (Å²) in [6.45, 7) is 5.92. The van der Waals surface area contributed by atoms with E-state index in [1.807, 2.05) is 48.5 Å². The minimum atomic E-state index is -0.0729. The number of carbonyl (C=O) groups excluding carboxylic acids is 1. The summed E-state index contributed by atoms with van der Waals surface area (Å²) in [6, 6.07) is 17.4. The van der Waals surface area contributed by atoms with E-state index in [2.05, 4.69) is 23.2 Å². The maximum Gasteiger partial charge on any atom is 0.255 e. The average Bonchev–Trinajstić information content (AvgIpc) is 2.97. The molecule has 134 valence electrons. The lowest BCUT2D eigenvalue weighted by molar-refractivity contribution is 0.102. The highest BCUT2D eigenvalue weighted by Crippen LogP contribution is 2.29. The summed E-state index contributed by atoms with van der Waals surface area (Å²) in [5, 5.41) is 2.93. The molecule has 1 aliphatic heterocycles. The summed E-state index contributed by atoms with van der Waals surface area (Å²) in [7, 11) is 0. The third-order valence-corrected chi connectivity index (χ3v) is 4.76. The molecule has 3 N–H and O–H groups in total. The Balaban J connectivity index is 0.00000225. The molecule has 0 bridgehead atoms. The third-order valence-electron chi connectivity index (χ3n) is 4.76. The second kappa shape index (κ2) is 8.48. The number of amides is 1. The Morgan fingerprint density at radius 2 is 1.96 bits per heavy atom. The van der Waals surface area contributed by atoms with E-state index in [9.17, 15) is 4.79 Å². The van der Waals surface area contributed by atoms with E-state index in [0.29, 0.717) is 5.56 Å². The number of anilines is 1. The van der Waals surface area contributed by atoms with Crippen LogP contribution in [0.5, 0.6) is 0 Å². The van der Waals surface area contributed by atoms with Crippen LogP contribution in [0.2, 0.25) is 0 Å². The van der Waals surface area contributed by atoms with E-state index < -0.39 is 0 Å². The van der Waals surface area contributed by atoms with Gasteiger partial charge in [0.05, 0.1) is 0 Å². The Labute approximate surface area is 155 Å². The molecule has 2 aromatic carbocycles. The number of para-hydroxylation sites is 1. The Morgan fingerprint density at radius 1 is 1.20 bits per heavy atom. The fourth-order valence-electron chi connectivity index (χ4n) is 3.22. The molecular formula is C20H26ClN3O. The standard InChI is InChI=1S/C20H25N3O.ClH/c1-20(14-21)10-11-23(15-20)13-16-6-5-7-17(12-16)19(24)22-18-8-3-2-4-9-18;/h2-9,12H,10-11,13-15,21H2,1H3,(H,22,24);1H. The number of hydrogen-bond donors (Lipinski definition) is 2. The summed E-state index contributed by atoms with van der Waals surface area (Å²) < 4.78 is 0. The molecule has 5 heteroatoms. The number of nitrogens with one attached hydrogen (secondary N) is 1. The fraction of sp³-hybridized carbons (Fsp3) is 0.350. The van der Waals surface area contributed by atoms with E-state index in [1.54, 1.807) is 0 Å². The highest BCUT2D eigenvalue weighted by molar-refractivity contribution is 6.04. The van der Waals surface area contributed by atoms with Crippen molar-refractivity contribution in [3.8, 4) is 0 Å². The molecule has 0 aromatic heterocycles. The van der Waals surface area contributed by atoms with Gasteiger partial charge < -0.3 is 11.1 Å². The monoisotopic (exact) mass is 359 g/mol. The zero-order valence-corrected chi connectivity index (χ0v) is 15.4. The van der Waals surface area contributed by atoms with Gasteiger partial charge in [-0.2, -0.15) is 0 Å². The summed E-state index contributed by atoms with van der Waals surface area (Å²) in [4.78, 5) is 14.8. The van der Waals surface area contributed by atoms with E-state index in [-0.39, 0.29) is 23.7 Å².